The Bertz CT molecular complexity index is 371. The zero-order chi connectivity index (χ0) is 13.1. The molecule has 1 aliphatic carbocycles. The van der Waals surface area contributed by atoms with Crippen LogP contribution in [0.15, 0.2) is 12.1 Å². The SMILES string of the molecule is Cc1ccc(CC(C)NC2CCCC(C)C2C)s1. The molecule has 0 spiro atoms. The molecule has 1 saturated carbocycles. The van der Waals surface area contributed by atoms with E-state index in [1.807, 2.05) is 11.3 Å². The van der Waals surface area contributed by atoms with E-state index in [1.165, 1.54) is 35.4 Å². The first-order valence-electron chi connectivity index (χ1n) is 7.37. The summed E-state index contributed by atoms with van der Waals surface area (Å²) in [5.41, 5.74) is 0. The second kappa shape index (κ2) is 6.21. The molecule has 0 saturated heterocycles. The smallest absolute Gasteiger partial charge is 0.00978 e. The lowest BCUT2D eigenvalue weighted by molar-refractivity contribution is 0.196. The summed E-state index contributed by atoms with van der Waals surface area (Å²) in [6, 6.07) is 5.84. The summed E-state index contributed by atoms with van der Waals surface area (Å²) in [7, 11) is 0. The summed E-state index contributed by atoms with van der Waals surface area (Å²) in [5, 5.41) is 3.86. The highest BCUT2D eigenvalue weighted by Gasteiger charge is 2.27. The Hall–Kier alpha value is -0.340. The molecule has 102 valence electrons. The van der Waals surface area contributed by atoms with Gasteiger partial charge in [-0.1, -0.05) is 26.7 Å². The van der Waals surface area contributed by atoms with Crippen LogP contribution in [0.1, 0.15) is 49.8 Å². The third kappa shape index (κ3) is 3.58. The molecule has 1 fully saturated rings. The van der Waals surface area contributed by atoms with Crippen molar-refractivity contribution >= 4 is 11.3 Å². The van der Waals surface area contributed by atoms with Gasteiger partial charge in [0, 0.05) is 21.8 Å². The number of nitrogens with one attached hydrogen (secondary N) is 1. The molecule has 4 unspecified atom stereocenters. The van der Waals surface area contributed by atoms with Gasteiger partial charge in [-0.05, 0) is 50.7 Å². The Morgan fingerprint density at radius 2 is 2.11 bits per heavy atom. The monoisotopic (exact) mass is 265 g/mol. The van der Waals surface area contributed by atoms with Crippen molar-refractivity contribution in [1.29, 1.82) is 0 Å². The minimum Gasteiger partial charge on any atom is -0.311 e. The molecule has 0 aromatic carbocycles. The number of rotatable bonds is 4. The van der Waals surface area contributed by atoms with Gasteiger partial charge in [0.2, 0.25) is 0 Å². The molecule has 0 amide bonds. The predicted octanol–water partition coefficient (Wildman–Crippen LogP) is 4.40. The topological polar surface area (TPSA) is 12.0 Å². The molecule has 1 aliphatic rings. The highest BCUT2D eigenvalue weighted by molar-refractivity contribution is 7.11. The zero-order valence-electron chi connectivity index (χ0n) is 12.2. The summed E-state index contributed by atoms with van der Waals surface area (Å²) >= 11 is 1.94. The second-order valence-corrected chi connectivity index (χ2v) is 7.53. The van der Waals surface area contributed by atoms with E-state index in [9.17, 15) is 0 Å². The molecule has 18 heavy (non-hydrogen) atoms. The van der Waals surface area contributed by atoms with E-state index >= 15 is 0 Å². The molecule has 2 heteroatoms. The van der Waals surface area contributed by atoms with Crippen LogP contribution in [0.5, 0.6) is 0 Å². The van der Waals surface area contributed by atoms with Gasteiger partial charge in [0.25, 0.3) is 0 Å². The van der Waals surface area contributed by atoms with E-state index < -0.39 is 0 Å². The molecule has 2 rings (SSSR count). The van der Waals surface area contributed by atoms with Crippen LogP contribution in [-0.2, 0) is 6.42 Å². The fourth-order valence-corrected chi connectivity index (χ4v) is 4.16. The van der Waals surface area contributed by atoms with Crippen LogP contribution in [0.4, 0.5) is 0 Å². The van der Waals surface area contributed by atoms with E-state index in [-0.39, 0.29) is 0 Å². The number of aryl methyl sites for hydroxylation is 1. The van der Waals surface area contributed by atoms with Gasteiger partial charge in [0.05, 0.1) is 0 Å². The first-order chi connectivity index (χ1) is 8.56. The maximum absolute atomic E-state index is 3.86. The Morgan fingerprint density at radius 3 is 2.78 bits per heavy atom. The van der Waals surface area contributed by atoms with Crippen molar-refractivity contribution < 1.29 is 0 Å². The molecule has 1 N–H and O–H groups in total. The van der Waals surface area contributed by atoms with Crippen LogP contribution >= 0.6 is 11.3 Å². The third-order valence-electron chi connectivity index (χ3n) is 4.51. The van der Waals surface area contributed by atoms with Crippen LogP contribution in [0.2, 0.25) is 0 Å². The van der Waals surface area contributed by atoms with Gasteiger partial charge >= 0.3 is 0 Å². The van der Waals surface area contributed by atoms with E-state index in [0.29, 0.717) is 6.04 Å². The third-order valence-corrected chi connectivity index (χ3v) is 5.53. The summed E-state index contributed by atoms with van der Waals surface area (Å²) in [5.74, 6) is 1.71. The first-order valence-corrected chi connectivity index (χ1v) is 8.19. The van der Waals surface area contributed by atoms with Gasteiger partial charge in [0.15, 0.2) is 0 Å². The van der Waals surface area contributed by atoms with Gasteiger partial charge in [-0.2, -0.15) is 0 Å². The number of hydrogen-bond acceptors (Lipinski definition) is 2. The van der Waals surface area contributed by atoms with Crippen LogP contribution in [0.25, 0.3) is 0 Å². The van der Waals surface area contributed by atoms with Crippen LogP contribution in [0, 0.1) is 18.8 Å². The molecule has 1 nitrogen and oxygen atoms in total. The van der Waals surface area contributed by atoms with E-state index in [0.717, 1.165) is 17.9 Å². The Kier molecular flexibility index (Phi) is 4.85. The molecule has 0 aliphatic heterocycles. The van der Waals surface area contributed by atoms with E-state index in [1.54, 1.807) is 0 Å². The van der Waals surface area contributed by atoms with Crippen molar-refractivity contribution in [3.05, 3.63) is 21.9 Å². The Labute approximate surface area is 116 Å². The maximum atomic E-state index is 3.86. The number of hydrogen-bond donors (Lipinski definition) is 1. The zero-order valence-corrected chi connectivity index (χ0v) is 13.0. The molecule has 4 atom stereocenters. The van der Waals surface area contributed by atoms with Crippen molar-refractivity contribution in [1.82, 2.24) is 5.32 Å². The summed E-state index contributed by atoms with van der Waals surface area (Å²) in [6.45, 7) is 9.35. The van der Waals surface area contributed by atoms with Crippen LogP contribution in [-0.4, -0.2) is 12.1 Å². The highest BCUT2D eigenvalue weighted by Crippen LogP contribution is 2.30. The average molecular weight is 265 g/mol. The van der Waals surface area contributed by atoms with Crippen LogP contribution in [0.3, 0.4) is 0 Å². The minimum absolute atomic E-state index is 0.598. The average Bonchev–Trinajstić information content (AvgIpc) is 2.70. The summed E-state index contributed by atoms with van der Waals surface area (Å²) in [4.78, 5) is 2.95. The lowest BCUT2D eigenvalue weighted by atomic mass is 9.78. The lowest BCUT2D eigenvalue weighted by Crippen LogP contribution is -2.45. The van der Waals surface area contributed by atoms with Gasteiger partial charge in [-0.3, -0.25) is 0 Å². The molecular weight excluding hydrogens is 238 g/mol. The van der Waals surface area contributed by atoms with Crippen LogP contribution < -0.4 is 5.32 Å². The lowest BCUT2D eigenvalue weighted by Gasteiger charge is -2.36. The molecule has 1 aromatic heterocycles. The largest absolute Gasteiger partial charge is 0.311 e. The second-order valence-electron chi connectivity index (χ2n) is 6.16. The first kappa shape index (κ1) is 14.1. The standard InChI is InChI=1S/C16H27NS/c1-11-6-5-7-16(14(11)4)17-12(2)10-15-9-8-13(3)18-15/h8-9,11-12,14,16-17H,5-7,10H2,1-4H3. The predicted molar refractivity (Wildman–Crippen MR) is 81.3 cm³/mol. The van der Waals surface area contributed by atoms with Gasteiger partial charge < -0.3 is 5.32 Å². The van der Waals surface area contributed by atoms with Gasteiger partial charge in [-0.15, -0.1) is 11.3 Å². The molecule has 1 heterocycles. The summed E-state index contributed by atoms with van der Waals surface area (Å²) in [6.07, 6.45) is 5.35. The fraction of sp³-hybridized carbons (Fsp3) is 0.750. The minimum atomic E-state index is 0.598. The Balaban J connectivity index is 1.85. The fourth-order valence-electron chi connectivity index (χ4n) is 3.14. The molecule has 1 aromatic rings. The number of thiophene rings is 1. The van der Waals surface area contributed by atoms with Crippen molar-refractivity contribution in [2.45, 2.75) is 65.5 Å². The van der Waals surface area contributed by atoms with Crippen molar-refractivity contribution in [2.75, 3.05) is 0 Å². The van der Waals surface area contributed by atoms with E-state index in [2.05, 4.69) is 45.1 Å². The molecule has 0 bridgehead atoms. The Morgan fingerprint density at radius 1 is 1.33 bits per heavy atom. The van der Waals surface area contributed by atoms with Crippen molar-refractivity contribution in [2.24, 2.45) is 11.8 Å². The van der Waals surface area contributed by atoms with Gasteiger partial charge in [0.1, 0.15) is 0 Å². The van der Waals surface area contributed by atoms with E-state index in [4.69, 9.17) is 0 Å². The van der Waals surface area contributed by atoms with Crippen molar-refractivity contribution in [3.8, 4) is 0 Å². The molecular formula is C16H27NS. The quantitative estimate of drug-likeness (QED) is 0.850. The van der Waals surface area contributed by atoms with Gasteiger partial charge in [-0.25, -0.2) is 0 Å². The molecule has 0 radical (unpaired) electrons. The van der Waals surface area contributed by atoms with Crippen molar-refractivity contribution in [3.63, 3.8) is 0 Å². The maximum Gasteiger partial charge on any atom is 0.00978 e. The summed E-state index contributed by atoms with van der Waals surface area (Å²) < 4.78 is 0. The highest BCUT2D eigenvalue weighted by atomic mass is 32.1. The normalized spacial score (nSPS) is 30.3.